The summed E-state index contributed by atoms with van der Waals surface area (Å²) in [5, 5.41) is 20.8. The van der Waals surface area contributed by atoms with Crippen molar-refractivity contribution in [2.24, 2.45) is 11.7 Å². The predicted octanol–water partition coefficient (Wildman–Crippen LogP) is -1.09. The summed E-state index contributed by atoms with van der Waals surface area (Å²) in [5.41, 5.74) is 5.74. The first-order valence-corrected chi connectivity index (χ1v) is 7.48. The molecule has 0 aromatic heterocycles. The van der Waals surface area contributed by atoms with Gasteiger partial charge in [0.1, 0.15) is 12.1 Å². The second-order valence-electron chi connectivity index (χ2n) is 6.01. The number of hydrogen-bond donors (Lipinski definition) is 4. The number of carboxylic acids is 1. The minimum absolute atomic E-state index is 0.221. The van der Waals surface area contributed by atoms with Gasteiger partial charge in [0.25, 0.3) is 0 Å². The van der Waals surface area contributed by atoms with Gasteiger partial charge < -0.3 is 26.2 Å². The molecule has 1 saturated heterocycles. The van der Waals surface area contributed by atoms with Crippen molar-refractivity contribution in [3.8, 4) is 0 Å². The highest BCUT2D eigenvalue weighted by Gasteiger charge is 2.37. The first-order valence-electron chi connectivity index (χ1n) is 7.48. The number of aliphatic hydroxyl groups excluding tert-OH is 1. The van der Waals surface area contributed by atoms with E-state index in [2.05, 4.69) is 5.32 Å². The van der Waals surface area contributed by atoms with Gasteiger partial charge in [-0.25, -0.2) is 4.79 Å². The normalized spacial score (nSPS) is 20.8. The molecule has 0 aromatic rings. The van der Waals surface area contributed by atoms with Crippen molar-refractivity contribution >= 4 is 17.8 Å². The Balaban J connectivity index is 2.68. The summed E-state index contributed by atoms with van der Waals surface area (Å²) in [6, 6.07) is -2.83. The molecule has 2 amide bonds. The zero-order valence-electron chi connectivity index (χ0n) is 13.0. The molecule has 0 unspecified atom stereocenters. The number of nitrogens with one attached hydrogen (secondary N) is 1. The minimum Gasteiger partial charge on any atom is -0.480 e. The summed E-state index contributed by atoms with van der Waals surface area (Å²) < 4.78 is 0. The highest BCUT2D eigenvalue weighted by molar-refractivity contribution is 5.92. The highest BCUT2D eigenvalue weighted by atomic mass is 16.4. The maximum Gasteiger partial charge on any atom is 0.326 e. The Labute approximate surface area is 129 Å². The second-order valence-corrected chi connectivity index (χ2v) is 6.01. The van der Waals surface area contributed by atoms with E-state index in [1.165, 1.54) is 4.90 Å². The maximum absolute atomic E-state index is 12.3. The maximum atomic E-state index is 12.3. The van der Waals surface area contributed by atoms with Crippen LogP contribution in [0.15, 0.2) is 0 Å². The minimum atomic E-state index is -1.16. The van der Waals surface area contributed by atoms with Gasteiger partial charge in [-0.3, -0.25) is 9.59 Å². The SMILES string of the molecule is CC(C)C[C@H](N)C(=O)N[C@@H](CO)C(=O)N1CCC[C@@H]1C(=O)O. The molecule has 1 rings (SSSR count). The third kappa shape index (κ3) is 4.67. The number of carbonyl (C=O) groups is 3. The van der Waals surface area contributed by atoms with Gasteiger partial charge in [0.2, 0.25) is 11.8 Å². The Kier molecular flexibility index (Phi) is 6.76. The van der Waals surface area contributed by atoms with Crippen molar-refractivity contribution in [3.05, 3.63) is 0 Å². The Morgan fingerprint density at radius 3 is 2.50 bits per heavy atom. The van der Waals surface area contributed by atoms with Crippen LogP contribution in [0, 0.1) is 5.92 Å². The average Bonchev–Trinajstić information content (AvgIpc) is 2.92. The van der Waals surface area contributed by atoms with E-state index in [1.807, 2.05) is 13.8 Å². The zero-order chi connectivity index (χ0) is 16.9. The molecule has 3 atom stereocenters. The number of nitrogens with two attached hydrogens (primary N) is 1. The lowest BCUT2D eigenvalue weighted by atomic mass is 10.0. The summed E-state index contributed by atoms with van der Waals surface area (Å²) in [4.78, 5) is 36.6. The Morgan fingerprint density at radius 1 is 1.36 bits per heavy atom. The van der Waals surface area contributed by atoms with Crippen LogP contribution in [-0.2, 0) is 14.4 Å². The molecule has 1 aliphatic heterocycles. The number of aliphatic hydroxyl groups is 1. The molecule has 0 bridgehead atoms. The van der Waals surface area contributed by atoms with Crippen molar-refractivity contribution < 1.29 is 24.6 Å². The fourth-order valence-electron chi connectivity index (χ4n) is 2.57. The van der Waals surface area contributed by atoms with E-state index in [0.717, 1.165) is 0 Å². The molecular formula is C14H25N3O5. The van der Waals surface area contributed by atoms with E-state index in [0.29, 0.717) is 25.8 Å². The van der Waals surface area contributed by atoms with E-state index in [4.69, 9.17) is 10.8 Å². The van der Waals surface area contributed by atoms with Crippen molar-refractivity contribution in [2.75, 3.05) is 13.2 Å². The Morgan fingerprint density at radius 2 is 2.00 bits per heavy atom. The molecule has 0 spiro atoms. The lowest BCUT2D eigenvalue weighted by molar-refractivity contribution is -0.149. The molecular weight excluding hydrogens is 290 g/mol. The van der Waals surface area contributed by atoms with Gasteiger partial charge in [0, 0.05) is 6.54 Å². The lowest BCUT2D eigenvalue weighted by Gasteiger charge is -2.27. The topological polar surface area (TPSA) is 133 Å². The van der Waals surface area contributed by atoms with Crippen LogP contribution in [0.25, 0.3) is 0 Å². The molecule has 0 aromatic carbocycles. The van der Waals surface area contributed by atoms with Crippen LogP contribution >= 0.6 is 0 Å². The van der Waals surface area contributed by atoms with Crippen LogP contribution in [0.4, 0.5) is 0 Å². The van der Waals surface area contributed by atoms with Gasteiger partial charge in [-0.05, 0) is 25.2 Å². The molecule has 0 radical (unpaired) electrons. The standard InChI is InChI=1S/C14H25N3O5/c1-8(2)6-9(15)12(19)16-10(7-18)13(20)17-5-3-4-11(17)14(21)22/h8-11,18H,3-7,15H2,1-2H3,(H,16,19)(H,21,22)/t9-,10-,11+/m0/s1. The summed E-state index contributed by atoms with van der Waals surface area (Å²) >= 11 is 0. The summed E-state index contributed by atoms with van der Waals surface area (Å²) in [6.07, 6.45) is 1.42. The van der Waals surface area contributed by atoms with Gasteiger partial charge in [-0.2, -0.15) is 0 Å². The quantitative estimate of drug-likeness (QED) is 0.472. The molecule has 1 fully saturated rings. The van der Waals surface area contributed by atoms with Crippen LogP contribution < -0.4 is 11.1 Å². The van der Waals surface area contributed by atoms with E-state index in [9.17, 15) is 19.5 Å². The van der Waals surface area contributed by atoms with Crippen LogP contribution in [0.1, 0.15) is 33.1 Å². The van der Waals surface area contributed by atoms with Crippen molar-refractivity contribution in [2.45, 2.75) is 51.2 Å². The molecule has 1 heterocycles. The smallest absolute Gasteiger partial charge is 0.326 e. The fourth-order valence-corrected chi connectivity index (χ4v) is 2.57. The number of hydrogen-bond acceptors (Lipinski definition) is 5. The molecule has 0 aliphatic carbocycles. The van der Waals surface area contributed by atoms with Gasteiger partial charge >= 0.3 is 5.97 Å². The van der Waals surface area contributed by atoms with Gasteiger partial charge in [-0.15, -0.1) is 0 Å². The molecule has 126 valence electrons. The van der Waals surface area contributed by atoms with Crippen molar-refractivity contribution in [1.29, 1.82) is 0 Å². The molecule has 8 nitrogen and oxygen atoms in total. The van der Waals surface area contributed by atoms with Gasteiger partial charge in [0.15, 0.2) is 0 Å². The molecule has 22 heavy (non-hydrogen) atoms. The zero-order valence-corrected chi connectivity index (χ0v) is 13.0. The van der Waals surface area contributed by atoms with E-state index < -0.39 is 42.5 Å². The number of carboxylic acid groups (broad SMARTS) is 1. The Bertz CT molecular complexity index is 427. The van der Waals surface area contributed by atoms with Crippen LogP contribution in [0.2, 0.25) is 0 Å². The van der Waals surface area contributed by atoms with Crippen molar-refractivity contribution in [1.82, 2.24) is 10.2 Å². The molecule has 8 heteroatoms. The number of likely N-dealkylation sites (tertiary alicyclic amines) is 1. The van der Waals surface area contributed by atoms with Crippen molar-refractivity contribution in [3.63, 3.8) is 0 Å². The van der Waals surface area contributed by atoms with Gasteiger partial charge in [0.05, 0.1) is 12.6 Å². The monoisotopic (exact) mass is 315 g/mol. The van der Waals surface area contributed by atoms with E-state index >= 15 is 0 Å². The number of nitrogens with zero attached hydrogens (tertiary/aromatic N) is 1. The summed E-state index contributed by atoms with van der Waals surface area (Å²) in [7, 11) is 0. The van der Waals surface area contributed by atoms with Crippen LogP contribution in [-0.4, -0.2) is 64.2 Å². The summed E-state index contributed by atoms with van der Waals surface area (Å²) in [6.45, 7) is 3.55. The Hall–Kier alpha value is -1.67. The molecule has 1 aliphatic rings. The third-order valence-electron chi connectivity index (χ3n) is 3.68. The number of carbonyl (C=O) groups excluding carboxylic acids is 2. The largest absolute Gasteiger partial charge is 0.480 e. The van der Waals surface area contributed by atoms with Gasteiger partial charge in [-0.1, -0.05) is 13.8 Å². The first-order chi connectivity index (χ1) is 10.3. The van der Waals surface area contributed by atoms with Crippen LogP contribution in [0.5, 0.6) is 0 Å². The fraction of sp³-hybridized carbons (Fsp3) is 0.786. The lowest BCUT2D eigenvalue weighted by Crippen LogP contribution is -2.56. The number of aliphatic carboxylic acids is 1. The first kappa shape index (κ1) is 18.4. The van der Waals surface area contributed by atoms with E-state index in [-0.39, 0.29) is 5.92 Å². The third-order valence-corrected chi connectivity index (χ3v) is 3.68. The molecule has 5 N–H and O–H groups in total. The second kappa shape index (κ2) is 8.09. The predicted molar refractivity (Wildman–Crippen MR) is 78.8 cm³/mol. The average molecular weight is 315 g/mol. The van der Waals surface area contributed by atoms with Crippen LogP contribution in [0.3, 0.4) is 0 Å². The highest BCUT2D eigenvalue weighted by Crippen LogP contribution is 2.18. The molecule has 0 saturated carbocycles. The number of amides is 2. The summed E-state index contributed by atoms with van der Waals surface area (Å²) in [5.74, 6) is -1.96. The number of rotatable bonds is 7. The van der Waals surface area contributed by atoms with E-state index in [1.54, 1.807) is 0 Å².